The molecule has 11 aliphatic rings. The van der Waals surface area contributed by atoms with Crippen LogP contribution in [-0.2, 0) is 80.7 Å². The van der Waals surface area contributed by atoms with Gasteiger partial charge < -0.3 is 168 Å². The van der Waals surface area contributed by atoms with Crippen LogP contribution >= 0.6 is 0 Å². The number of ether oxygens (including phenoxy) is 14. The van der Waals surface area contributed by atoms with Crippen molar-refractivity contribution in [2.75, 3.05) is 26.4 Å². The summed E-state index contributed by atoms with van der Waals surface area (Å²) < 4.78 is 83.5. The molecule has 22 unspecified atom stereocenters. The topological polar surface area (TPSA) is 565 Å². The van der Waals surface area contributed by atoms with E-state index in [-0.39, 0.29) is 17.8 Å². The van der Waals surface area contributed by atoms with Crippen LogP contribution in [0.3, 0.4) is 0 Å². The molecule has 8 fully saturated rings. The molecular weight excluding hydrogens is 1420 g/mol. The van der Waals surface area contributed by atoms with Gasteiger partial charge in [-0.15, -0.1) is 0 Å². The van der Waals surface area contributed by atoms with E-state index in [1.165, 1.54) is 6.92 Å². The highest BCUT2D eigenvalue weighted by molar-refractivity contribution is 5.79. The monoisotopic (exact) mass is 1520 g/mol. The Morgan fingerprint density at radius 1 is 0.651 bits per heavy atom. The van der Waals surface area contributed by atoms with E-state index in [4.69, 9.17) is 66.3 Å². The van der Waals surface area contributed by atoms with Gasteiger partial charge >= 0.3 is 11.9 Å². The number of aliphatic carboxylic acids is 1. The van der Waals surface area contributed by atoms with Gasteiger partial charge in [-0.2, -0.15) is 0 Å². The van der Waals surface area contributed by atoms with Gasteiger partial charge in [-0.05, 0) is 117 Å². The van der Waals surface area contributed by atoms with Crippen LogP contribution in [0, 0.1) is 50.2 Å². The van der Waals surface area contributed by atoms with Crippen molar-refractivity contribution >= 4 is 18.2 Å². The molecule has 11 rings (SSSR count). The normalized spacial score (nSPS) is 49.1. The minimum absolute atomic E-state index is 0.111. The first-order chi connectivity index (χ1) is 49.8. The number of aliphatic hydroxyl groups is 18. The third kappa shape index (κ3) is 14.9. The van der Waals surface area contributed by atoms with Gasteiger partial charge in [-0.3, -0.25) is 4.79 Å². The molecule has 36 heteroatoms. The maximum atomic E-state index is 15.8. The number of carboxylic acid groups (broad SMARTS) is 1. The van der Waals surface area contributed by atoms with E-state index in [1.54, 1.807) is 6.92 Å². The van der Waals surface area contributed by atoms with Gasteiger partial charge in [0.15, 0.2) is 48.7 Å². The molecule has 0 radical (unpaired) electrons. The predicted molar refractivity (Wildman–Crippen MR) is 348 cm³/mol. The molecule has 19 N–H and O–H groups in total. The molecule has 0 amide bonds. The second-order valence-electron chi connectivity index (χ2n) is 32.5. The van der Waals surface area contributed by atoms with Crippen LogP contribution in [0.25, 0.3) is 0 Å². The van der Waals surface area contributed by atoms with Crippen LogP contribution in [0.5, 0.6) is 0 Å². The zero-order valence-corrected chi connectivity index (χ0v) is 60.2. The van der Waals surface area contributed by atoms with Crippen molar-refractivity contribution < 1.29 is 178 Å². The Hall–Kier alpha value is -4.05. The number of hydrogen-bond donors (Lipinski definition) is 19. The van der Waals surface area contributed by atoms with Crippen molar-refractivity contribution in [1.29, 1.82) is 0 Å². The zero-order chi connectivity index (χ0) is 77.6. The quantitative estimate of drug-likeness (QED) is 0.0200. The standard InChI is InChI=1S/C70H108O36/c1-27(74)53(56(90)91)103-57(36(25-95-58-48(85)41(78)31(75)22-93-58)101-61-50(87)45(82)43(80)33(20-71)98-61)102-39-12-13-66(5)37(67(39,6)26-73)11-14-69(8)38(66)10-9-29-30-19-65(3,4)15-17-70(30,18-16-68(29,69)7)64(92)106-63-55(47(84)40(77)28(2)97-63)105-60-52(89)54(104-62-51(88)46(83)44(81)34(21-72)99-62)35(24-96-60)100-59-49(86)42(79)32(76)23-94-59/h9,22,24,26-28,30,32-34,36-55,57-63,71-72,74-89H,10-21,23,25H2,1-8H3,(H,90,91)/t27?,28?,30-,32+,33?,34?,36?,37?,38?,39?,40-,41?,42?,43-,44+,45?,46?,47?,48?,49?,50?,51?,52?,53?,54?,55?,57+,58-,59-,60-,61-,62-,63-,66-,67-,68+,69?,70-/m0/s1. The Bertz CT molecular complexity index is 3150. The summed E-state index contributed by atoms with van der Waals surface area (Å²) in [6.45, 7) is 12.0. The zero-order valence-electron chi connectivity index (χ0n) is 60.2. The average Bonchev–Trinajstić information content (AvgIpc) is 0.674. The van der Waals surface area contributed by atoms with Crippen molar-refractivity contribution in [3.8, 4) is 0 Å². The molecule has 36 nitrogen and oxygen atoms in total. The molecule has 4 saturated carbocycles. The average molecular weight is 1530 g/mol. The van der Waals surface area contributed by atoms with Crippen LogP contribution in [0.1, 0.15) is 120 Å². The number of rotatable bonds is 23. The number of hydrogen-bond acceptors (Lipinski definition) is 35. The summed E-state index contributed by atoms with van der Waals surface area (Å²) in [4.78, 5) is 43.0. The minimum Gasteiger partial charge on any atom is -0.506 e. The molecule has 0 bridgehead atoms. The minimum atomic E-state index is -2.14. The highest BCUT2D eigenvalue weighted by atomic mass is 16.8. The number of esters is 1. The van der Waals surface area contributed by atoms with Crippen LogP contribution in [0.15, 0.2) is 35.7 Å². The third-order valence-electron chi connectivity index (χ3n) is 25.7. The molecule has 38 atom stereocenters. The Morgan fingerprint density at radius 2 is 1.28 bits per heavy atom. The summed E-state index contributed by atoms with van der Waals surface area (Å²) >= 11 is 0. The van der Waals surface area contributed by atoms with Gasteiger partial charge in [0.1, 0.15) is 123 Å². The molecule has 0 aromatic heterocycles. The number of carbonyl (C=O) groups excluding carboxylic acids is 2. The van der Waals surface area contributed by atoms with E-state index >= 15 is 4.79 Å². The first-order valence-electron chi connectivity index (χ1n) is 36.3. The second kappa shape index (κ2) is 31.8. The van der Waals surface area contributed by atoms with E-state index in [2.05, 4.69) is 40.7 Å². The van der Waals surface area contributed by atoms with E-state index in [0.717, 1.165) is 25.0 Å². The lowest BCUT2D eigenvalue weighted by molar-refractivity contribution is -0.352. The Balaban J connectivity index is 0.860. The Morgan fingerprint density at radius 3 is 1.92 bits per heavy atom. The maximum Gasteiger partial charge on any atom is 0.335 e. The number of aldehydes is 1. The van der Waals surface area contributed by atoms with Gasteiger partial charge in [0.2, 0.25) is 25.2 Å². The van der Waals surface area contributed by atoms with Crippen LogP contribution in [0.2, 0.25) is 0 Å². The van der Waals surface area contributed by atoms with Crippen molar-refractivity contribution in [2.24, 2.45) is 50.2 Å². The summed E-state index contributed by atoms with van der Waals surface area (Å²) in [5.74, 6) is -4.71. The summed E-state index contributed by atoms with van der Waals surface area (Å²) in [7, 11) is 0. The molecule has 6 heterocycles. The fraction of sp³-hybridized carbons (Fsp3) is 0.871. The lowest BCUT2D eigenvalue weighted by Gasteiger charge is -2.71. The van der Waals surface area contributed by atoms with Crippen LogP contribution < -0.4 is 0 Å². The second-order valence-corrected chi connectivity index (χ2v) is 32.5. The van der Waals surface area contributed by atoms with Crippen LogP contribution in [0.4, 0.5) is 0 Å². The third-order valence-corrected chi connectivity index (χ3v) is 25.7. The Labute approximate surface area is 610 Å². The van der Waals surface area contributed by atoms with Crippen molar-refractivity contribution in [1.82, 2.24) is 0 Å². The molecular formula is C70H108O36. The van der Waals surface area contributed by atoms with E-state index in [0.29, 0.717) is 64.0 Å². The lowest BCUT2D eigenvalue weighted by atomic mass is 9.33. The van der Waals surface area contributed by atoms with Gasteiger partial charge in [-0.25, -0.2) is 4.79 Å². The number of aliphatic hydroxyl groups excluding tert-OH is 18. The number of carbonyl (C=O) groups is 3. The SMILES string of the molecule is CC(O)C(O[C@@H](OC1CC[C@]2(C)C3CC=C4[C@@H]5CC(C)(C)CC[C@]5(C(=O)O[C@@H]5OC(C)[C@H](O)C(O)C5O[C@@H]5OC=C(O[C@@H]6OC[C@@H](O)C(O)C6O)C(O[C@@H]6OC(CO)[C@@H](O)C(O)C6O)C5O)CC[C@@]4(C)C3(C)CCC2[C@]1(C)C=O)C(CO[C@@H]1OC=C(O)C(O)C1O)O[C@@H]1OC(CO)[C@H](O)C(O)C1O)C(=O)O. The molecule has 0 aromatic carbocycles. The highest BCUT2D eigenvalue weighted by Gasteiger charge is 2.71. The molecule has 5 aliphatic carbocycles. The van der Waals surface area contributed by atoms with Gasteiger partial charge in [-0.1, -0.05) is 53.2 Å². The summed E-state index contributed by atoms with van der Waals surface area (Å²) in [5, 5.41) is 205. The maximum absolute atomic E-state index is 15.8. The summed E-state index contributed by atoms with van der Waals surface area (Å²) in [5.41, 5.74) is -3.72. The van der Waals surface area contributed by atoms with Gasteiger partial charge in [0.05, 0.1) is 55.6 Å². The van der Waals surface area contributed by atoms with Crippen molar-refractivity contribution in [3.63, 3.8) is 0 Å². The predicted octanol–water partition coefficient (Wildman–Crippen LogP) is -4.20. The molecule has 4 saturated heterocycles. The van der Waals surface area contributed by atoms with E-state index in [1.807, 2.05) is 0 Å². The van der Waals surface area contributed by atoms with E-state index in [9.17, 15) is 107 Å². The largest absolute Gasteiger partial charge is 0.506 e. The molecule has 106 heavy (non-hydrogen) atoms. The highest BCUT2D eigenvalue weighted by Crippen LogP contribution is 2.76. The van der Waals surface area contributed by atoms with Crippen LogP contribution in [-0.4, -0.2) is 326 Å². The first-order valence-corrected chi connectivity index (χ1v) is 36.3. The van der Waals surface area contributed by atoms with E-state index < -0.39 is 273 Å². The van der Waals surface area contributed by atoms with Gasteiger partial charge in [0, 0.05) is 0 Å². The van der Waals surface area contributed by atoms with Gasteiger partial charge in [0.25, 0.3) is 0 Å². The fourth-order valence-electron chi connectivity index (χ4n) is 19.0. The van der Waals surface area contributed by atoms with Crippen molar-refractivity contribution in [3.05, 3.63) is 35.7 Å². The lowest BCUT2D eigenvalue weighted by Crippen LogP contribution is -2.66. The summed E-state index contributed by atoms with van der Waals surface area (Å²) in [6, 6.07) is 0. The van der Waals surface area contributed by atoms with Crippen molar-refractivity contribution in [2.45, 2.75) is 304 Å². The smallest absolute Gasteiger partial charge is 0.335 e. The fourth-order valence-corrected chi connectivity index (χ4v) is 19.0. The number of allylic oxidation sites excluding steroid dienone is 2. The number of fused-ring (bicyclic) bond motifs is 7. The first kappa shape index (κ1) is 82.9. The molecule has 0 spiro atoms. The molecule has 604 valence electrons. The molecule has 6 aliphatic heterocycles. The number of carboxylic acids is 1. The summed E-state index contributed by atoms with van der Waals surface area (Å²) in [6.07, 6.45) is -45.9. The Kier molecular flexibility index (Phi) is 24.9. The molecule has 0 aromatic rings.